The van der Waals surface area contributed by atoms with Gasteiger partial charge >= 0.3 is 0 Å². The first kappa shape index (κ1) is 15.5. The summed E-state index contributed by atoms with van der Waals surface area (Å²) in [6.45, 7) is 7.44. The number of fused-ring (bicyclic) bond motifs is 2. The highest BCUT2D eigenvalue weighted by Gasteiger charge is 2.53. The third-order valence-corrected chi connectivity index (χ3v) is 6.04. The molecule has 0 saturated heterocycles. The Morgan fingerprint density at radius 2 is 2.32 bits per heavy atom. The fourth-order valence-electron chi connectivity index (χ4n) is 4.26. The van der Waals surface area contributed by atoms with E-state index in [2.05, 4.69) is 24.1 Å². The molecule has 0 aromatic carbocycles. The lowest BCUT2D eigenvalue weighted by Crippen LogP contribution is -2.54. The Labute approximate surface area is 132 Å². The Balaban J connectivity index is 1.55. The normalized spacial score (nSPS) is 30.5. The Bertz CT molecular complexity index is 550. The second-order valence-corrected chi connectivity index (χ2v) is 7.49. The molecule has 4 atom stereocenters. The Kier molecular flexibility index (Phi) is 4.02. The summed E-state index contributed by atoms with van der Waals surface area (Å²) in [5.41, 5.74) is 6.64. The standard InChI is InChI=1S/C17H27N3O2/c1-4-13(18)16-20-14(9-22-16)15(21)19-8-10-5-6-11-7-12(10)17(11,2)3/h9-13H,4-8,18H2,1-3H3,(H,19,21). The summed E-state index contributed by atoms with van der Waals surface area (Å²) in [6, 6.07) is -0.243. The number of carbonyl (C=O) groups is 1. The molecular weight excluding hydrogens is 278 g/mol. The van der Waals surface area contributed by atoms with E-state index in [0.717, 1.165) is 24.8 Å². The molecular formula is C17H27N3O2. The van der Waals surface area contributed by atoms with E-state index in [9.17, 15) is 4.79 Å². The van der Waals surface area contributed by atoms with Gasteiger partial charge in [-0.25, -0.2) is 4.98 Å². The van der Waals surface area contributed by atoms with E-state index in [1.54, 1.807) is 0 Å². The maximum atomic E-state index is 12.2. The van der Waals surface area contributed by atoms with Gasteiger partial charge in [0.1, 0.15) is 6.26 Å². The number of nitrogens with one attached hydrogen (secondary N) is 1. The molecule has 3 N–H and O–H groups in total. The molecule has 0 radical (unpaired) electrons. The van der Waals surface area contributed by atoms with E-state index in [-0.39, 0.29) is 11.9 Å². The van der Waals surface area contributed by atoms with Crippen LogP contribution in [0.5, 0.6) is 0 Å². The second-order valence-electron chi connectivity index (χ2n) is 7.49. The number of amides is 1. The van der Waals surface area contributed by atoms with Crippen molar-refractivity contribution in [3.05, 3.63) is 17.8 Å². The highest BCUT2D eigenvalue weighted by Crippen LogP contribution is 2.61. The molecule has 3 saturated carbocycles. The fraction of sp³-hybridized carbons (Fsp3) is 0.765. The summed E-state index contributed by atoms with van der Waals surface area (Å²) >= 11 is 0. The van der Waals surface area contributed by atoms with Crippen LogP contribution in [0.4, 0.5) is 0 Å². The van der Waals surface area contributed by atoms with Crippen LogP contribution < -0.4 is 11.1 Å². The fourth-order valence-corrected chi connectivity index (χ4v) is 4.26. The third-order valence-electron chi connectivity index (χ3n) is 6.04. The molecule has 1 aromatic rings. The molecule has 3 aliphatic carbocycles. The Morgan fingerprint density at radius 1 is 1.55 bits per heavy atom. The van der Waals surface area contributed by atoms with Crippen LogP contribution in [-0.2, 0) is 0 Å². The van der Waals surface area contributed by atoms with E-state index in [1.807, 2.05) is 6.92 Å². The van der Waals surface area contributed by atoms with Crippen molar-refractivity contribution < 1.29 is 9.21 Å². The maximum Gasteiger partial charge on any atom is 0.273 e. The van der Waals surface area contributed by atoms with Gasteiger partial charge in [0.2, 0.25) is 5.89 Å². The van der Waals surface area contributed by atoms with Crippen molar-refractivity contribution in [1.82, 2.24) is 10.3 Å². The zero-order valence-corrected chi connectivity index (χ0v) is 13.8. The van der Waals surface area contributed by atoms with Crippen molar-refractivity contribution in [2.45, 2.75) is 52.5 Å². The van der Waals surface area contributed by atoms with Crippen LogP contribution >= 0.6 is 0 Å². The molecule has 1 aromatic heterocycles. The minimum atomic E-state index is -0.243. The first-order chi connectivity index (χ1) is 10.4. The Hall–Kier alpha value is -1.36. The molecule has 0 aliphatic heterocycles. The average Bonchev–Trinajstić information content (AvgIpc) is 3.01. The van der Waals surface area contributed by atoms with Gasteiger partial charge in [-0.1, -0.05) is 20.8 Å². The van der Waals surface area contributed by atoms with Crippen molar-refractivity contribution in [2.75, 3.05) is 6.54 Å². The second kappa shape index (κ2) is 5.69. The lowest BCUT2D eigenvalue weighted by molar-refractivity contribution is -0.103. The molecule has 122 valence electrons. The summed E-state index contributed by atoms with van der Waals surface area (Å²) < 4.78 is 5.30. The molecule has 1 heterocycles. The van der Waals surface area contributed by atoms with E-state index < -0.39 is 0 Å². The monoisotopic (exact) mass is 305 g/mol. The molecule has 4 unspecified atom stereocenters. The van der Waals surface area contributed by atoms with Gasteiger partial charge in [-0.15, -0.1) is 0 Å². The van der Waals surface area contributed by atoms with Crippen LogP contribution in [0.3, 0.4) is 0 Å². The van der Waals surface area contributed by atoms with Crippen LogP contribution in [0.15, 0.2) is 10.7 Å². The molecule has 3 fully saturated rings. The van der Waals surface area contributed by atoms with E-state index in [4.69, 9.17) is 10.2 Å². The topological polar surface area (TPSA) is 81.1 Å². The van der Waals surface area contributed by atoms with Crippen molar-refractivity contribution in [3.63, 3.8) is 0 Å². The number of oxazole rings is 1. The average molecular weight is 305 g/mol. The zero-order valence-electron chi connectivity index (χ0n) is 13.8. The number of nitrogens with two attached hydrogens (primary N) is 1. The lowest BCUT2D eigenvalue weighted by Gasteiger charge is -2.60. The molecule has 22 heavy (non-hydrogen) atoms. The molecule has 2 bridgehead atoms. The molecule has 3 aliphatic rings. The SMILES string of the molecule is CCC(N)c1nc(C(=O)NCC2CCC3CC2C3(C)C)co1. The highest BCUT2D eigenvalue weighted by atomic mass is 16.3. The number of hydrogen-bond acceptors (Lipinski definition) is 4. The maximum absolute atomic E-state index is 12.2. The first-order valence-electron chi connectivity index (χ1n) is 8.42. The van der Waals surface area contributed by atoms with Crippen LogP contribution in [0.25, 0.3) is 0 Å². The van der Waals surface area contributed by atoms with Crippen LogP contribution in [-0.4, -0.2) is 17.4 Å². The smallest absolute Gasteiger partial charge is 0.273 e. The summed E-state index contributed by atoms with van der Waals surface area (Å²) in [4.78, 5) is 16.4. The number of rotatable bonds is 5. The number of nitrogens with zero attached hydrogens (tertiary/aromatic N) is 1. The summed E-state index contributed by atoms with van der Waals surface area (Å²) in [5, 5.41) is 3.03. The molecule has 5 nitrogen and oxygen atoms in total. The van der Waals surface area contributed by atoms with Crippen molar-refractivity contribution in [2.24, 2.45) is 28.9 Å². The minimum absolute atomic E-state index is 0.155. The van der Waals surface area contributed by atoms with Gasteiger partial charge in [0.25, 0.3) is 5.91 Å². The predicted octanol–water partition coefficient (Wildman–Crippen LogP) is 2.89. The number of aromatic nitrogens is 1. The van der Waals surface area contributed by atoms with Crippen LogP contribution in [0, 0.1) is 23.2 Å². The van der Waals surface area contributed by atoms with Crippen molar-refractivity contribution >= 4 is 5.91 Å². The zero-order chi connectivity index (χ0) is 15.9. The van der Waals surface area contributed by atoms with Gasteiger partial charge in [0.05, 0.1) is 6.04 Å². The quantitative estimate of drug-likeness (QED) is 0.876. The number of hydrogen-bond donors (Lipinski definition) is 2. The van der Waals surface area contributed by atoms with E-state index >= 15 is 0 Å². The molecule has 5 heteroatoms. The van der Waals surface area contributed by atoms with Gasteiger partial charge in [-0.3, -0.25) is 4.79 Å². The van der Waals surface area contributed by atoms with Crippen molar-refractivity contribution in [3.8, 4) is 0 Å². The number of carbonyl (C=O) groups excluding carboxylic acids is 1. The summed E-state index contributed by atoms with van der Waals surface area (Å²) in [5.74, 6) is 2.50. The summed E-state index contributed by atoms with van der Waals surface area (Å²) in [6.07, 6.45) is 5.99. The van der Waals surface area contributed by atoms with Gasteiger partial charge in [0, 0.05) is 6.54 Å². The van der Waals surface area contributed by atoms with E-state index in [0.29, 0.717) is 22.9 Å². The third kappa shape index (κ3) is 2.56. The van der Waals surface area contributed by atoms with Crippen LogP contribution in [0.1, 0.15) is 68.9 Å². The van der Waals surface area contributed by atoms with Gasteiger partial charge < -0.3 is 15.5 Å². The minimum Gasteiger partial charge on any atom is -0.446 e. The Morgan fingerprint density at radius 3 is 2.95 bits per heavy atom. The largest absolute Gasteiger partial charge is 0.446 e. The predicted molar refractivity (Wildman–Crippen MR) is 84.2 cm³/mol. The van der Waals surface area contributed by atoms with Gasteiger partial charge in [-0.2, -0.15) is 0 Å². The van der Waals surface area contributed by atoms with Gasteiger partial charge in [0.15, 0.2) is 5.69 Å². The highest BCUT2D eigenvalue weighted by molar-refractivity contribution is 5.91. The first-order valence-corrected chi connectivity index (χ1v) is 8.42. The van der Waals surface area contributed by atoms with Crippen molar-refractivity contribution in [1.29, 1.82) is 0 Å². The van der Waals surface area contributed by atoms with E-state index in [1.165, 1.54) is 25.5 Å². The molecule has 0 spiro atoms. The molecule has 4 rings (SSSR count). The van der Waals surface area contributed by atoms with Gasteiger partial charge in [-0.05, 0) is 48.9 Å². The summed E-state index contributed by atoms with van der Waals surface area (Å²) in [7, 11) is 0. The lowest BCUT2D eigenvalue weighted by atomic mass is 9.45. The van der Waals surface area contributed by atoms with Crippen LogP contribution in [0.2, 0.25) is 0 Å². The molecule has 1 amide bonds.